The summed E-state index contributed by atoms with van der Waals surface area (Å²) in [4.78, 5) is 22.6. The third-order valence-electron chi connectivity index (χ3n) is 4.82. The highest BCUT2D eigenvalue weighted by Gasteiger charge is 2.21. The van der Waals surface area contributed by atoms with Gasteiger partial charge in [-0.05, 0) is 36.4 Å². The lowest BCUT2D eigenvalue weighted by Crippen LogP contribution is -2.41. The van der Waals surface area contributed by atoms with Gasteiger partial charge in [0.05, 0.1) is 7.11 Å². The first kappa shape index (κ1) is 23.5. The van der Waals surface area contributed by atoms with Crippen LogP contribution in [0.2, 0.25) is 0 Å². The first-order valence-corrected chi connectivity index (χ1v) is 10.4. The predicted octanol–water partition coefficient (Wildman–Crippen LogP) is 3.36. The van der Waals surface area contributed by atoms with Crippen LogP contribution in [0.15, 0.2) is 40.7 Å². The van der Waals surface area contributed by atoms with Crippen molar-refractivity contribution in [3.63, 3.8) is 0 Å². The number of aliphatic imine (C=N–C) groups is 1. The van der Waals surface area contributed by atoms with Crippen LogP contribution in [-0.4, -0.2) is 55.5 Å². The molecular formula is C21H29IN4O2S. The van der Waals surface area contributed by atoms with Crippen molar-refractivity contribution in [2.45, 2.75) is 26.4 Å². The zero-order chi connectivity index (χ0) is 19.9. The number of methoxy groups -OCH3 is 1. The maximum absolute atomic E-state index is 12.7. The average Bonchev–Trinajstić information content (AvgIpc) is 3.19. The molecule has 2 aromatic rings. The molecule has 0 spiro atoms. The van der Waals surface area contributed by atoms with E-state index in [9.17, 15) is 4.79 Å². The molecule has 0 unspecified atom stereocenters. The number of para-hydroxylation sites is 1. The summed E-state index contributed by atoms with van der Waals surface area (Å²) in [6.07, 6.45) is 0.941. The molecule has 1 aromatic carbocycles. The quantitative estimate of drug-likeness (QED) is 0.355. The van der Waals surface area contributed by atoms with E-state index in [0.29, 0.717) is 13.1 Å². The molecule has 0 saturated carbocycles. The zero-order valence-corrected chi connectivity index (χ0v) is 20.3. The van der Waals surface area contributed by atoms with E-state index in [1.807, 2.05) is 48.0 Å². The number of rotatable bonds is 6. The number of carbonyl (C=O) groups is 1. The fourth-order valence-corrected chi connectivity index (χ4v) is 4.23. The number of amides is 1. The fourth-order valence-electron chi connectivity index (χ4n) is 3.34. The number of ether oxygens (including phenoxy) is 1. The van der Waals surface area contributed by atoms with Crippen LogP contribution in [0, 0.1) is 0 Å². The summed E-state index contributed by atoms with van der Waals surface area (Å²) in [5, 5.41) is 5.38. The maximum atomic E-state index is 12.7. The summed E-state index contributed by atoms with van der Waals surface area (Å²) >= 11 is 1.78. The molecule has 0 radical (unpaired) electrons. The van der Waals surface area contributed by atoms with Gasteiger partial charge in [-0.1, -0.05) is 18.2 Å². The highest BCUT2D eigenvalue weighted by molar-refractivity contribution is 14.0. The number of benzene rings is 1. The minimum atomic E-state index is 0. The summed E-state index contributed by atoms with van der Waals surface area (Å²) in [5.74, 6) is 1.63. The lowest BCUT2D eigenvalue weighted by atomic mass is 10.1. The van der Waals surface area contributed by atoms with E-state index >= 15 is 0 Å². The average molecular weight is 528 g/mol. The highest BCUT2D eigenvalue weighted by atomic mass is 127. The second-order valence-corrected chi connectivity index (χ2v) is 7.77. The number of thiophene rings is 1. The Morgan fingerprint density at radius 1 is 1.34 bits per heavy atom. The van der Waals surface area contributed by atoms with Crippen molar-refractivity contribution < 1.29 is 9.53 Å². The van der Waals surface area contributed by atoms with Gasteiger partial charge in [0.1, 0.15) is 12.3 Å². The molecule has 6 nitrogen and oxygen atoms in total. The molecule has 3 rings (SSSR count). The number of nitrogens with zero attached hydrogens (tertiary/aromatic N) is 3. The summed E-state index contributed by atoms with van der Waals surface area (Å²) in [6, 6.07) is 10.1. The van der Waals surface area contributed by atoms with Gasteiger partial charge in [-0.25, -0.2) is 4.99 Å². The number of guanidine groups is 1. The topological polar surface area (TPSA) is 57.2 Å². The van der Waals surface area contributed by atoms with Crippen LogP contribution in [-0.2, 0) is 24.3 Å². The van der Waals surface area contributed by atoms with E-state index in [2.05, 4.69) is 21.8 Å². The van der Waals surface area contributed by atoms with E-state index in [1.165, 1.54) is 10.4 Å². The summed E-state index contributed by atoms with van der Waals surface area (Å²) in [7, 11) is 3.64. The van der Waals surface area contributed by atoms with Gasteiger partial charge in [0, 0.05) is 43.7 Å². The molecule has 0 fully saturated rings. The number of nitrogens with one attached hydrogen (secondary N) is 1. The standard InChI is InChI=1S/C21H28N4O2S.HI/c1-4-22-21(24(2)14-16-7-5-6-8-18(16)27-3)23-13-20(26)25-11-9-19-17(15-25)10-12-28-19;/h5-8,10,12H,4,9,11,13-15H2,1-3H3,(H,22,23);1H. The third kappa shape index (κ3) is 6.08. The van der Waals surface area contributed by atoms with Gasteiger partial charge < -0.3 is 19.9 Å². The molecule has 0 bridgehead atoms. The van der Waals surface area contributed by atoms with Crippen LogP contribution >= 0.6 is 35.3 Å². The number of fused-ring (bicyclic) bond motifs is 1. The van der Waals surface area contributed by atoms with E-state index in [4.69, 9.17) is 4.74 Å². The Bertz CT molecular complexity index is 840. The van der Waals surface area contributed by atoms with Gasteiger partial charge in [0.25, 0.3) is 0 Å². The monoisotopic (exact) mass is 528 g/mol. The van der Waals surface area contributed by atoms with Crippen LogP contribution in [0.5, 0.6) is 5.75 Å². The van der Waals surface area contributed by atoms with E-state index in [-0.39, 0.29) is 36.4 Å². The smallest absolute Gasteiger partial charge is 0.244 e. The molecule has 1 aliphatic rings. The Hall–Kier alpha value is -1.81. The molecule has 0 atom stereocenters. The molecule has 1 aliphatic heterocycles. The number of hydrogen-bond donors (Lipinski definition) is 1. The molecule has 2 heterocycles. The van der Waals surface area contributed by atoms with Crippen molar-refractivity contribution >= 4 is 47.2 Å². The molecule has 0 aliphatic carbocycles. The Labute approximate surface area is 194 Å². The third-order valence-corrected chi connectivity index (χ3v) is 5.84. The van der Waals surface area contributed by atoms with Crippen molar-refractivity contribution in [1.82, 2.24) is 15.1 Å². The Morgan fingerprint density at radius 3 is 2.90 bits per heavy atom. The maximum Gasteiger partial charge on any atom is 0.244 e. The SMILES string of the molecule is CCNC(=NCC(=O)N1CCc2sccc2C1)N(C)Cc1ccccc1OC.I. The minimum absolute atomic E-state index is 0. The van der Waals surface area contributed by atoms with Crippen molar-refractivity contribution in [3.8, 4) is 5.75 Å². The number of halogens is 1. The van der Waals surface area contributed by atoms with E-state index < -0.39 is 0 Å². The lowest BCUT2D eigenvalue weighted by molar-refractivity contribution is -0.130. The van der Waals surface area contributed by atoms with Crippen LogP contribution in [0.1, 0.15) is 22.9 Å². The molecule has 158 valence electrons. The number of carbonyl (C=O) groups excluding carboxylic acids is 1. The molecular weight excluding hydrogens is 499 g/mol. The molecule has 29 heavy (non-hydrogen) atoms. The van der Waals surface area contributed by atoms with Gasteiger partial charge in [0.15, 0.2) is 5.96 Å². The van der Waals surface area contributed by atoms with Crippen molar-refractivity contribution in [3.05, 3.63) is 51.7 Å². The fraction of sp³-hybridized carbons (Fsp3) is 0.429. The lowest BCUT2D eigenvalue weighted by Gasteiger charge is -2.27. The molecule has 8 heteroatoms. The Kier molecular flexibility index (Phi) is 9.22. The van der Waals surface area contributed by atoms with Crippen LogP contribution in [0.4, 0.5) is 0 Å². The summed E-state index contributed by atoms with van der Waals surface area (Å²) in [5.41, 5.74) is 2.35. The van der Waals surface area contributed by atoms with Crippen molar-refractivity contribution in [2.75, 3.05) is 33.8 Å². The van der Waals surface area contributed by atoms with Gasteiger partial charge in [-0.15, -0.1) is 35.3 Å². The zero-order valence-electron chi connectivity index (χ0n) is 17.2. The Morgan fingerprint density at radius 2 is 2.14 bits per heavy atom. The highest BCUT2D eigenvalue weighted by Crippen LogP contribution is 2.24. The van der Waals surface area contributed by atoms with Gasteiger partial charge in [0.2, 0.25) is 5.91 Å². The van der Waals surface area contributed by atoms with E-state index in [0.717, 1.165) is 36.8 Å². The Balaban J connectivity index is 0.00000300. The van der Waals surface area contributed by atoms with Crippen LogP contribution in [0.25, 0.3) is 0 Å². The normalized spacial score (nSPS) is 13.3. The van der Waals surface area contributed by atoms with Crippen molar-refractivity contribution in [1.29, 1.82) is 0 Å². The van der Waals surface area contributed by atoms with Crippen molar-refractivity contribution in [2.24, 2.45) is 4.99 Å². The first-order chi connectivity index (χ1) is 13.6. The summed E-state index contributed by atoms with van der Waals surface area (Å²) in [6.45, 7) is 5.03. The molecule has 1 N–H and O–H groups in total. The number of hydrogen-bond acceptors (Lipinski definition) is 4. The minimum Gasteiger partial charge on any atom is -0.496 e. The van der Waals surface area contributed by atoms with Crippen LogP contribution < -0.4 is 10.1 Å². The second-order valence-electron chi connectivity index (χ2n) is 6.77. The van der Waals surface area contributed by atoms with Gasteiger partial charge in [-0.2, -0.15) is 0 Å². The summed E-state index contributed by atoms with van der Waals surface area (Å²) < 4.78 is 5.44. The second kappa shape index (κ2) is 11.4. The van der Waals surface area contributed by atoms with Gasteiger partial charge in [-0.3, -0.25) is 4.79 Å². The first-order valence-electron chi connectivity index (χ1n) is 9.56. The van der Waals surface area contributed by atoms with Crippen LogP contribution in [0.3, 0.4) is 0 Å². The molecule has 1 amide bonds. The van der Waals surface area contributed by atoms with Gasteiger partial charge >= 0.3 is 0 Å². The molecule has 0 saturated heterocycles. The molecule has 1 aromatic heterocycles. The predicted molar refractivity (Wildman–Crippen MR) is 129 cm³/mol. The largest absolute Gasteiger partial charge is 0.496 e. The van der Waals surface area contributed by atoms with E-state index in [1.54, 1.807) is 18.4 Å².